The van der Waals surface area contributed by atoms with Crippen molar-refractivity contribution < 1.29 is 18.6 Å². The number of nitrogens with one attached hydrogen (secondary N) is 1. The van der Waals surface area contributed by atoms with Crippen LogP contribution in [0.2, 0.25) is 0 Å². The zero-order valence-corrected chi connectivity index (χ0v) is 15.8. The molecule has 1 unspecified atom stereocenters. The van der Waals surface area contributed by atoms with Crippen molar-refractivity contribution in [3.05, 3.63) is 65.7 Å². The molecule has 2 aromatic carbocycles. The first-order valence-electron chi connectivity index (χ1n) is 8.09. The minimum absolute atomic E-state index is 0.0838. The van der Waals surface area contributed by atoms with Gasteiger partial charge in [0.1, 0.15) is 11.6 Å². The first-order chi connectivity index (χ1) is 13.1. The van der Waals surface area contributed by atoms with Crippen LogP contribution in [0.15, 0.2) is 52.9 Å². The van der Waals surface area contributed by atoms with Crippen molar-refractivity contribution in [3.8, 4) is 0 Å². The van der Waals surface area contributed by atoms with Crippen molar-refractivity contribution in [1.82, 2.24) is 10.2 Å². The predicted octanol–water partition coefficient (Wildman–Crippen LogP) is 4.23. The van der Waals surface area contributed by atoms with E-state index in [-0.39, 0.29) is 24.8 Å². The summed E-state index contributed by atoms with van der Waals surface area (Å²) in [5, 5.41) is 21.3. The number of aliphatic hydroxyl groups excluding tert-OH is 1. The van der Waals surface area contributed by atoms with E-state index in [0.29, 0.717) is 26.5 Å². The molecule has 0 saturated heterocycles. The fourth-order valence-electron chi connectivity index (χ4n) is 2.13. The van der Waals surface area contributed by atoms with Crippen molar-refractivity contribution in [3.63, 3.8) is 0 Å². The molecule has 1 aromatic heterocycles. The minimum atomic E-state index is -0.728. The third-order valence-corrected chi connectivity index (χ3v) is 5.56. The maximum atomic E-state index is 13.6. The van der Waals surface area contributed by atoms with Crippen LogP contribution in [0.5, 0.6) is 0 Å². The van der Waals surface area contributed by atoms with Crippen LogP contribution < -0.4 is 5.32 Å². The molecule has 0 fully saturated rings. The SMILES string of the molecule is OC(COCc1ccccc1F)CSc1nnc(Nc2ccccc2F)s1. The summed E-state index contributed by atoms with van der Waals surface area (Å²) in [5.74, 6) is -0.347. The van der Waals surface area contributed by atoms with E-state index in [1.165, 1.54) is 35.2 Å². The van der Waals surface area contributed by atoms with Gasteiger partial charge in [-0.2, -0.15) is 0 Å². The normalized spacial score (nSPS) is 12.1. The van der Waals surface area contributed by atoms with Gasteiger partial charge in [0.2, 0.25) is 5.13 Å². The van der Waals surface area contributed by atoms with Gasteiger partial charge in [-0.1, -0.05) is 53.4 Å². The van der Waals surface area contributed by atoms with Gasteiger partial charge in [-0.25, -0.2) is 8.78 Å². The number of hydrogen-bond donors (Lipinski definition) is 2. The Morgan fingerprint density at radius 3 is 2.59 bits per heavy atom. The molecular formula is C18H17F2N3O2S2. The Morgan fingerprint density at radius 2 is 1.81 bits per heavy atom. The fourth-order valence-corrected chi connectivity index (χ4v) is 3.83. The first kappa shape index (κ1) is 19.7. The lowest BCUT2D eigenvalue weighted by Crippen LogP contribution is -2.18. The molecule has 1 heterocycles. The van der Waals surface area contributed by atoms with Crippen LogP contribution in [0.3, 0.4) is 0 Å². The van der Waals surface area contributed by atoms with E-state index in [1.54, 1.807) is 36.4 Å². The zero-order chi connectivity index (χ0) is 19.1. The predicted molar refractivity (Wildman–Crippen MR) is 102 cm³/mol. The molecule has 3 rings (SSSR count). The van der Waals surface area contributed by atoms with Gasteiger partial charge < -0.3 is 15.2 Å². The van der Waals surface area contributed by atoms with Crippen molar-refractivity contribution in [2.45, 2.75) is 17.1 Å². The average molecular weight is 409 g/mol. The molecule has 0 spiro atoms. The van der Waals surface area contributed by atoms with Gasteiger partial charge in [0.05, 0.1) is 25.0 Å². The number of halogens is 2. The van der Waals surface area contributed by atoms with Gasteiger partial charge >= 0.3 is 0 Å². The van der Waals surface area contributed by atoms with E-state index in [2.05, 4.69) is 15.5 Å². The molecular weight excluding hydrogens is 392 g/mol. The largest absolute Gasteiger partial charge is 0.390 e. The van der Waals surface area contributed by atoms with Crippen LogP contribution in [-0.4, -0.2) is 33.8 Å². The van der Waals surface area contributed by atoms with Gasteiger partial charge in [0, 0.05) is 11.3 Å². The minimum Gasteiger partial charge on any atom is -0.390 e. The van der Waals surface area contributed by atoms with Gasteiger partial charge in [-0.05, 0) is 18.2 Å². The van der Waals surface area contributed by atoms with E-state index in [0.717, 1.165) is 0 Å². The van der Waals surface area contributed by atoms with Crippen molar-refractivity contribution in [1.29, 1.82) is 0 Å². The average Bonchev–Trinajstić information content (AvgIpc) is 3.11. The molecule has 9 heteroatoms. The van der Waals surface area contributed by atoms with E-state index in [9.17, 15) is 13.9 Å². The number of anilines is 2. The number of aliphatic hydroxyl groups is 1. The number of aromatic nitrogens is 2. The Hall–Kier alpha value is -2.07. The van der Waals surface area contributed by atoms with Crippen LogP contribution in [0.4, 0.5) is 19.6 Å². The van der Waals surface area contributed by atoms with Crippen LogP contribution in [-0.2, 0) is 11.3 Å². The molecule has 142 valence electrons. The number of rotatable bonds is 9. The Labute approximate surface area is 163 Å². The third kappa shape index (κ3) is 5.96. The zero-order valence-electron chi connectivity index (χ0n) is 14.1. The Balaban J connectivity index is 1.41. The summed E-state index contributed by atoms with van der Waals surface area (Å²) in [7, 11) is 0. The van der Waals surface area contributed by atoms with Gasteiger partial charge in [-0.15, -0.1) is 10.2 Å². The van der Waals surface area contributed by atoms with E-state index in [1.807, 2.05) is 0 Å². The molecule has 0 aliphatic carbocycles. The summed E-state index contributed by atoms with van der Waals surface area (Å²) in [6.45, 7) is 0.185. The topological polar surface area (TPSA) is 67.3 Å². The highest BCUT2D eigenvalue weighted by molar-refractivity contribution is 8.01. The summed E-state index contributed by atoms with van der Waals surface area (Å²) in [4.78, 5) is 0. The maximum absolute atomic E-state index is 13.6. The molecule has 0 aliphatic rings. The second-order valence-electron chi connectivity index (χ2n) is 5.55. The second kappa shape index (κ2) is 9.75. The lowest BCUT2D eigenvalue weighted by Gasteiger charge is -2.10. The Morgan fingerprint density at radius 1 is 1.07 bits per heavy atom. The second-order valence-corrected chi connectivity index (χ2v) is 7.79. The highest BCUT2D eigenvalue weighted by Gasteiger charge is 2.11. The molecule has 0 bridgehead atoms. The Bertz CT molecular complexity index is 879. The van der Waals surface area contributed by atoms with Crippen LogP contribution in [0.25, 0.3) is 0 Å². The van der Waals surface area contributed by atoms with E-state index >= 15 is 0 Å². The number of ether oxygens (including phenoxy) is 1. The van der Waals surface area contributed by atoms with Crippen LogP contribution in [0.1, 0.15) is 5.56 Å². The van der Waals surface area contributed by atoms with E-state index < -0.39 is 6.10 Å². The number of hydrogen-bond acceptors (Lipinski definition) is 7. The van der Waals surface area contributed by atoms with Gasteiger partial charge in [0.25, 0.3) is 0 Å². The lowest BCUT2D eigenvalue weighted by molar-refractivity contribution is 0.0387. The highest BCUT2D eigenvalue weighted by atomic mass is 32.2. The van der Waals surface area contributed by atoms with Gasteiger partial charge in [0.15, 0.2) is 4.34 Å². The van der Waals surface area contributed by atoms with Crippen LogP contribution >= 0.6 is 23.1 Å². The molecule has 0 saturated carbocycles. The fraction of sp³-hybridized carbons (Fsp3) is 0.222. The third-order valence-electron chi connectivity index (χ3n) is 3.45. The smallest absolute Gasteiger partial charge is 0.210 e. The monoisotopic (exact) mass is 409 g/mol. The van der Waals surface area contributed by atoms with Crippen molar-refractivity contribution >= 4 is 33.9 Å². The summed E-state index contributed by atoms with van der Waals surface area (Å²) in [6, 6.07) is 12.7. The molecule has 1 atom stereocenters. The van der Waals surface area contributed by atoms with E-state index in [4.69, 9.17) is 4.74 Å². The van der Waals surface area contributed by atoms with Crippen molar-refractivity contribution in [2.75, 3.05) is 17.7 Å². The number of benzene rings is 2. The molecule has 27 heavy (non-hydrogen) atoms. The molecule has 5 nitrogen and oxygen atoms in total. The molecule has 0 aliphatic heterocycles. The summed E-state index contributed by atoms with van der Waals surface area (Å²) in [5.41, 5.74) is 0.775. The summed E-state index contributed by atoms with van der Waals surface area (Å²) in [6.07, 6.45) is -0.728. The summed E-state index contributed by atoms with van der Waals surface area (Å²) < 4.78 is 33.1. The number of nitrogens with zero attached hydrogens (tertiary/aromatic N) is 2. The maximum Gasteiger partial charge on any atom is 0.210 e. The van der Waals surface area contributed by atoms with Gasteiger partial charge in [-0.3, -0.25) is 0 Å². The highest BCUT2D eigenvalue weighted by Crippen LogP contribution is 2.28. The van der Waals surface area contributed by atoms with Crippen molar-refractivity contribution in [2.24, 2.45) is 0 Å². The first-order valence-corrected chi connectivity index (χ1v) is 9.89. The summed E-state index contributed by atoms with van der Waals surface area (Å²) >= 11 is 2.58. The number of para-hydroxylation sites is 1. The quantitative estimate of drug-likeness (QED) is 0.516. The molecule has 2 N–H and O–H groups in total. The molecule has 0 amide bonds. The molecule has 0 radical (unpaired) electrons. The standard InChI is InChI=1S/C18H17F2N3O2S2/c19-14-6-2-1-5-12(14)9-25-10-13(24)11-26-18-23-22-17(27-18)21-16-8-4-3-7-15(16)20/h1-8,13,24H,9-11H2,(H,21,22). The lowest BCUT2D eigenvalue weighted by atomic mass is 10.2. The Kier molecular flexibility index (Phi) is 7.11. The van der Waals surface area contributed by atoms with Crippen LogP contribution in [0, 0.1) is 11.6 Å². The number of thioether (sulfide) groups is 1. The molecule has 3 aromatic rings.